The number of nitrogens with zero attached hydrogens (tertiary/aromatic N) is 1. The molecule has 5 N–H and O–H groups in total. The van der Waals surface area contributed by atoms with Crippen molar-refractivity contribution >= 4 is 11.7 Å². The fourth-order valence-electron chi connectivity index (χ4n) is 3.86. The number of rotatable bonds is 7. The molecule has 30 heavy (non-hydrogen) atoms. The molecule has 8 heteroatoms. The number of fused-ring (bicyclic) bond motifs is 1. The summed E-state index contributed by atoms with van der Waals surface area (Å²) in [6.45, 7) is 0.675. The predicted molar refractivity (Wildman–Crippen MR) is 113 cm³/mol. The first-order chi connectivity index (χ1) is 14.5. The number of carbonyl (C=O) groups excluding carboxylic acids is 1. The van der Waals surface area contributed by atoms with Crippen LogP contribution in [0.2, 0.25) is 0 Å². The number of benzene rings is 1. The Kier molecular flexibility index (Phi) is 6.06. The third-order valence-corrected chi connectivity index (χ3v) is 5.91. The molecule has 1 aromatic carbocycles. The normalized spacial score (nSPS) is 19.3. The number of phenolic OH excluding ortho intramolecular Hbond substituents is 1. The van der Waals surface area contributed by atoms with Crippen LogP contribution in [0, 0.1) is 0 Å². The molecule has 1 aliphatic heterocycles. The van der Waals surface area contributed by atoms with Crippen molar-refractivity contribution in [1.82, 2.24) is 15.6 Å². The van der Waals surface area contributed by atoms with Crippen molar-refractivity contribution in [1.29, 1.82) is 0 Å². The number of aromatic hydroxyl groups is 1. The Labute approximate surface area is 175 Å². The van der Waals surface area contributed by atoms with Gasteiger partial charge in [-0.2, -0.15) is 0 Å². The van der Waals surface area contributed by atoms with Gasteiger partial charge in [0.1, 0.15) is 17.3 Å². The number of aliphatic hydroxyl groups excluding tert-OH is 1. The maximum Gasteiger partial charge on any atom is 0.255 e. The Morgan fingerprint density at radius 2 is 2.17 bits per heavy atom. The first kappa shape index (κ1) is 20.4. The van der Waals surface area contributed by atoms with Gasteiger partial charge in [0.05, 0.1) is 25.0 Å². The highest BCUT2D eigenvalue weighted by Gasteiger charge is 2.26. The third kappa shape index (κ3) is 4.49. The molecule has 4 rings (SSSR count). The molecule has 1 amide bonds. The Hall–Kier alpha value is -2.84. The smallest absolute Gasteiger partial charge is 0.255 e. The standard InChI is InChI=1S/C22H28N4O4/c1-30-20-12-24-21(26-15-3-2-4-15)9-17(20)22(29)25-11-19(28)18-8-13-5-6-16(27)7-14(13)10-23-18/h5-7,9,12,15,18-19,23,27-28H,2-4,8,10-11H2,1H3,(H,24,26)(H,25,29)/t18-,19+/m0/s1. The number of anilines is 1. The van der Waals surface area contributed by atoms with Crippen molar-refractivity contribution in [3.8, 4) is 11.5 Å². The maximum absolute atomic E-state index is 12.8. The molecule has 0 radical (unpaired) electrons. The molecule has 2 atom stereocenters. The molecule has 1 saturated carbocycles. The largest absolute Gasteiger partial charge is 0.508 e. The number of amides is 1. The number of aliphatic hydroxyl groups is 1. The van der Waals surface area contributed by atoms with Crippen molar-refractivity contribution in [3.05, 3.63) is 47.2 Å². The second kappa shape index (κ2) is 8.89. The van der Waals surface area contributed by atoms with Crippen LogP contribution in [0.15, 0.2) is 30.5 Å². The fourth-order valence-corrected chi connectivity index (χ4v) is 3.86. The molecule has 160 valence electrons. The molecule has 2 aliphatic rings. The minimum Gasteiger partial charge on any atom is -0.508 e. The molecule has 1 aromatic heterocycles. The van der Waals surface area contributed by atoms with Gasteiger partial charge in [-0.25, -0.2) is 4.98 Å². The minimum absolute atomic E-state index is 0.112. The Morgan fingerprint density at radius 3 is 2.90 bits per heavy atom. The first-order valence-electron chi connectivity index (χ1n) is 10.3. The van der Waals surface area contributed by atoms with E-state index in [0.717, 1.165) is 24.0 Å². The molecule has 8 nitrogen and oxygen atoms in total. The summed E-state index contributed by atoms with van der Waals surface area (Å²) >= 11 is 0. The second-order valence-corrected chi connectivity index (χ2v) is 7.96. The molecule has 2 aromatic rings. The highest BCUT2D eigenvalue weighted by Crippen LogP contribution is 2.26. The number of ether oxygens (including phenoxy) is 1. The molecule has 1 fully saturated rings. The zero-order chi connectivity index (χ0) is 21.1. The van der Waals surface area contributed by atoms with E-state index in [1.807, 2.05) is 6.07 Å². The van der Waals surface area contributed by atoms with Gasteiger partial charge in [-0.15, -0.1) is 0 Å². The van der Waals surface area contributed by atoms with Crippen LogP contribution in [0.25, 0.3) is 0 Å². The number of hydrogen-bond donors (Lipinski definition) is 5. The monoisotopic (exact) mass is 412 g/mol. The van der Waals surface area contributed by atoms with E-state index >= 15 is 0 Å². The quantitative estimate of drug-likeness (QED) is 0.469. The van der Waals surface area contributed by atoms with Gasteiger partial charge in [-0.3, -0.25) is 4.79 Å². The van der Waals surface area contributed by atoms with Gasteiger partial charge >= 0.3 is 0 Å². The second-order valence-electron chi connectivity index (χ2n) is 7.96. The topological polar surface area (TPSA) is 116 Å². The molecule has 2 heterocycles. The van der Waals surface area contributed by atoms with Crippen LogP contribution in [0.1, 0.15) is 40.7 Å². The molecule has 1 aliphatic carbocycles. The van der Waals surface area contributed by atoms with Crippen molar-refractivity contribution < 1.29 is 19.7 Å². The van der Waals surface area contributed by atoms with Crippen molar-refractivity contribution in [2.75, 3.05) is 19.0 Å². The summed E-state index contributed by atoms with van der Waals surface area (Å²) in [5.41, 5.74) is 2.50. The summed E-state index contributed by atoms with van der Waals surface area (Å²) in [4.78, 5) is 17.1. The highest BCUT2D eigenvalue weighted by atomic mass is 16.5. The van der Waals surface area contributed by atoms with E-state index in [1.165, 1.54) is 13.5 Å². The van der Waals surface area contributed by atoms with Gasteiger partial charge in [0.25, 0.3) is 5.91 Å². The summed E-state index contributed by atoms with van der Waals surface area (Å²) in [5, 5.41) is 29.6. The Balaban J connectivity index is 1.36. The van der Waals surface area contributed by atoms with E-state index in [0.29, 0.717) is 36.1 Å². The van der Waals surface area contributed by atoms with E-state index in [9.17, 15) is 15.0 Å². The summed E-state index contributed by atoms with van der Waals surface area (Å²) < 4.78 is 5.29. The number of phenols is 1. The number of nitrogens with one attached hydrogen (secondary N) is 3. The van der Waals surface area contributed by atoms with Crippen molar-refractivity contribution in [3.63, 3.8) is 0 Å². The van der Waals surface area contributed by atoms with Gasteiger partial charge in [0, 0.05) is 25.2 Å². The lowest BCUT2D eigenvalue weighted by Gasteiger charge is -2.30. The average Bonchev–Trinajstić information content (AvgIpc) is 2.73. The Bertz CT molecular complexity index is 916. The van der Waals surface area contributed by atoms with E-state index < -0.39 is 6.10 Å². The van der Waals surface area contributed by atoms with Gasteiger partial charge in [0.15, 0.2) is 0 Å². The third-order valence-electron chi connectivity index (χ3n) is 5.91. The summed E-state index contributed by atoms with van der Waals surface area (Å²) in [6, 6.07) is 7.18. The van der Waals surface area contributed by atoms with Crippen LogP contribution in [-0.4, -0.2) is 52.9 Å². The van der Waals surface area contributed by atoms with Crippen LogP contribution in [-0.2, 0) is 13.0 Å². The number of hydrogen-bond acceptors (Lipinski definition) is 7. The van der Waals surface area contributed by atoms with Gasteiger partial charge in [-0.1, -0.05) is 6.07 Å². The van der Waals surface area contributed by atoms with E-state index in [4.69, 9.17) is 4.74 Å². The SMILES string of the molecule is COc1cnc(NC2CCC2)cc1C(=O)NC[C@@H](O)[C@@H]1Cc2ccc(O)cc2CN1. The summed E-state index contributed by atoms with van der Waals surface area (Å²) in [5.74, 6) is 0.969. The lowest BCUT2D eigenvalue weighted by atomic mass is 9.92. The predicted octanol–water partition coefficient (Wildman–Crippen LogP) is 1.57. The molecule has 0 bridgehead atoms. The van der Waals surface area contributed by atoms with Crippen LogP contribution < -0.4 is 20.7 Å². The summed E-state index contributed by atoms with van der Waals surface area (Å²) in [7, 11) is 1.50. The molecule has 0 unspecified atom stereocenters. The summed E-state index contributed by atoms with van der Waals surface area (Å²) in [6.07, 6.45) is 4.84. The lowest BCUT2D eigenvalue weighted by Crippen LogP contribution is -2.49. The molecular weight excluding hydrogens is 384 g/mol. The van der Waals surface area contributed by atoms with Crippen LogP contribution >= 0.6 is 0 Å². The van der Waals surface area contributed by atoms with Gasteiger partial charge < -0.3 is 30.9 Å². The lowest BCUT2D eigenvalue weighted by molar-refractivity contribution is 0.0867. The first-order valence-corrected chi connectivity index (χ1v) is 10.3. The highest BCUT2D eigenvalue weighted by molar-refractivity contribution is 5.97. The van der Waals surface area contributed by atoms with Crippen molar-refractivity contribution in [2.45, 2.75) is 50.4 Å². The van der Waals surface area contributed by atoms with Crippen molar-refractivity contribution in [2.24, 2.45) is 0 Å². The zero-order valence-corrected chi connectivity index (χ0v) is 17.0. The average molecular weight is 412 g/mol. The number of aromatic nitrogens is 1. The number of carbonyl (C=O) groups is 1. The molecule has 0 spiro atoms. The maximum atomic E-state index is 12.8. The molecule has 0 saturated heterocycles. The number of methoxy groups -OCH3 is 1. The number of pyridine rings is 1. The van der Waals surface area contributed by atoms with Crippen LogP contribution in [0.4, 0.5) is 5.82 Å². The van der Waals surface area contributed by atoms with E-state index in [1.54, 1.807) is 24.4 Å². The minimum atomic E-state index is -0.753. The molecular formula is C22H28N4O4. The van der Waals surface area contributed by atoms with Gasteiger partial charge in [0.2, 0.25) is 0 Å². The van der Waals surface area contributed by atoms with E-state index in [-0.39, 0.29) is 24.2 Å². The van der Waals surface area contributed by atoms with Gasteiger partial charge in [-0.05, 0) is 55.0 Å². The van der Waals surface area contributed by atoms with Crippen LogP contribution in [0.5, 0.6) is 11.5 Å². The Morgan fingerprint density at radius 1 is 1.33 bits per heavy atom. The fraction of sp³-hybridized carbons (Fsp3) is 0.455. The zero-order valence-electron chi connectivity index (χ0n) is 17.0. The van der Waals surface area contributed by atoms with E-state index in [2.05, 4.69) is 20.9 Å². The van der Waals surface area contributed by atoms with Crippen LogP contribution in [0.3, 0.4) is 0 Å².